The maximum absolute atomic E-state index is 6.17. The smallest absolute Gasteiger partial charge is 0.146 e. The number of aromatic nitrogens is 2. The maximum atomic E-state index is 6.17. The molecule has 19 heavy (non-hydrogen) atoms. The summed E-state index contributed by atoms with van der Waals surface area (Å²) in [5, 5.41) is 1.28. The van der Waals surface area contributed by atoms with Crippen LogP contribution in [-0.2, 0) is 12.8 Å². The van der Waals surface area contributed by atoms with Gasteiger partial charge in [0.15, 0.2) is 0 Å². The number of nitrogens with zero attached hydrogens (tertiary/aromatic N) is 2. The SMILES string of the molecule is CCCc1nc(Cc2ccc(Cl)cc2)nc(Cl)c1I. The van der Waals surface area contributed by atoms with E-state index in [4.69, 9.17) is 23.2 Å². The summed E-state index contributed by atoms with van der Waals surface area (Å²) in [5.74, 6) is 0.760. The topological polar surface area (TPSA) is 25.8 Å². The second kappa shape index (κ2) is 6.86. The third-order valence-corrected chi connectivity index (χ3v) is 4.67. The van der Waals surface area contributed by atoms with E-state index in [2.05, 4.69) is 39.5 Å². The van der Waals surface area contributed by atoms with Gasteiger partial charge >= 0.3 is 0 Å². The van der Waals surface area contributed by atoms with Crippen LogP contribution in [-0.4, -0.2) is 9.97 Å². The van der Waals surface area contributed by atoms with E-state index in [0.717, 1.165) is 38.5 Å². The minimum absolute atomic E-state index is 0.544. The lowest BCUT2D eigenvalue weighted by Gasteiger charge is -2.07. The fourth-order valence-corrected chi connectivity index (χ4v) is 2.62. The van der Waals surface area contributed by atoms with Gasteiger partial charge in [0.25, 0.3) is 0 Å². The minimum atomic E-state index is 0.544. The molecule has 5 heteroatoms. The summed E-state index contributed by atoms with van der Waals surface area (Å²) in [4.78, 5) is 8.95. The first kappa shape index (κ1) is 15.0. The fraction of sp³-hybridized carbons (Fsp3) is 0.286. The van der Waals surface area contributed by atoms with E-state index in [9.17, 15) is 0 Å². The average molecular weight is 407 g/mol. The van der Waals surface area contributed by atoms with E-state index in [-0.39, 0.29) is 0 Å². The molecule has 100 valence electrons. The van der Waals surface area contributed by atoms with Gasteiger partial charge in [-0.15, -0.1) is 0 Å². The molecule has 0 aliphatic heterocycles. The fourth-order valence-electron chi connectivity index (χ4n) is 1.78. The molecular formula is C14H13Cl2IN2. The van der Waals surface area contributed by atoms with E-state index >= 15 is 0 Å². The number of benzene rings is 1. The van der Waals surface area contributed by atoms with Crippen molar-refractivity contribution in [2.24, 2.45) is 0 Å². The molecule has 2 nitrogen and oxygen atoms in total. The quantitative estimate of drug-likeness (QED) is 0.531. The molecule has 0 aliphatic rings. The van der Waals surface area contributed by atoms with Crippen LogP contribution in [0.5, 0.6) is 0 Å². The molecule has 0 radical (unpaired) electrons. The van der Waals surface area contributed by atoms with Gasteiger partial charge in [0.1, 0.15) is 11.0 Å². The van der Waals surface area contributed by atoms with Gasteiger partial charge in [-0.25, -0.2) is 9.97 Å². The normalized spacial score (nSPS) is 10.7. The van der Waals surface area contributed by atoms with Gasteiger partial charge in [0.2, 0.25) is 0 Å². The van der Waals surface area contributed by atoms with Gasteiger partial charge in [-0.05, 0) is 46.7 Å². The van der Waals surface area contributed by atoms with E-state index in [0.29, 0.717) is 11.6 Å². The van der Waals surface area contributed by atoms with Crippen LogP contribution < -0.4 is 0 Å². The van der Waals surface area contributed by atoms with Crippen LogP contribution in [0, 0.1) is 3.57 Å². The Bertz CT molecular complexity index is 570. The van der Waals surface area contributed by atoms with Gasteiger partial charge in [-0.3, -0.25) is 0 Å². The molecule has 0 N–H and O–H groups in total. The zero-order valence-corrected chi connectivity index (χ0v) is 14.1. The molecule has 0 fully saturated rings. The van der Waals surface area contributed by atoms with E-state index in [1.54, 1.807) is 0 Å². The second-order valence-electron chi connectivity index (χ2n) is 4.24. The molecule has 2 rings (SSSR count). The van der Waals surface area contributed by atoms with Crippen molar-refractivity contribution in [2.45, 2.75) is 26.2 Å². The summed E-state index contributed by atoms with van der Waals surface area (Å²) in [6.45, 7) is 2.13. The van der Waals surface area contributed by atoms with Gasteiger partial charge in [-0.1, -0.05) is 48.7 Å². The summed E-state index contributed by atoms with van der Waals surface area (Å²) in [7, 11) is 0. The highest BCUT2D eigenvalue weighted by Crippen LogP contribution is 2.21. The van der Waals surface area contributed by atoms with Crippen molar-refractivity contribution in [1.82, 2.24) is 9.97 Å². The van der Waals surface area contributed by atoms with Gasteiger partial charge in [0.05, 0.1) is 9.26 Å². The summed E-state index contributed by atoms with van der Waals surface area (Å²) in [6, 6.07) is 7.71. The zero-order chi connectivity index (χ0) is 13.8. The molecule has 1 aromatic heterocycles. The second-order valence-corrected chi connectivity index (χ2v) is 6.12. The molecule has 0 saturated heterocycles. The van der Waals surface area contributed by atoms with Crippen molar-refractivity contribution in [3.63, 3.8) is 0 Å². The summed E-state index contributed by atoms with van der Waals surface area (Å²) >= 11 is 14.2. The van der Waals surface area contributed by atoms with Crippen molar-refractivity contribution in [3.05, 3.63) is 55.1 Å². The molecule has 0 spiro atoms. The molecule has 1 aromatic carbocycles. The average Bonchev–Trinajstić information content (AvgIpc) is 2.38. The lowest BCUT2D eigenvalue weighted by Crippen LogP contribution is -2.04. The van der Waals surface area contributed by atoms with Crippen LogP contribution >= 0.6 is 45.8 Å². The first-order valence-electron chi connectivity index (χ1n) is 6.05. The molecule has 0 aliphatic carbocycles. The highest BCUT2D eigenvalue weighted by molar-refractivity contribution is 14.1. The molecular weight excluding hydrogens is 394 g/mol. The lowest BCUT2D eigenvalue weighted by molar-refractivity contribution is 0.833. The molecule has 0 amide bonds. The number of halogens is 3. The van der Waals surface area contributed by atoms with Crippen LogP contribution in [0.3, 0.4) is 0 Å². The van der Waals surface area contributed by atoms with Crippen LogP contribution in [0.4, 0.5) is 0 Å². The lowest BCUT2D eigenvalue weighted by atomic mass is 10.1. The first-order chi connectivity index (χ1) is 9.10. The number of hydrogen-bond donors (Lipinski definition) is 0. The monoisotopic (exact) mass is 406 g/mol. The summed E-state index contributed by atoms with van der Waals surface area (Å²) in [5.41, 5.74) is 2.16. The number of hydrogen-bond acceptors (Lipinski definition) is 2. The predicted molar refractivity (Wildman–Crippen MR) is 88.0 cm³/mol. The minimum Gasteiger partial charge on any atom is -0.236 e. The Hall–Kier alpha value is -0.390. The van der Waals surface area contributed by atoms with Crippen LogP contribution in [0.15, 0.2) is 24.3 Å². The Morgan fingerprint density at radius 3 is 2.42 bits per heavy atom. The van der Waals surface area contributed by atoms with Crippen molar-refractivity contribution < 1.29 is 0 Å². The van der Waals surface area contributed by atoms with Crippen LogP contribution in [0.25, 0.3) is 0 Å². The van der Waals surface area contributed by atoms with E-state index in [1.165, 1.54) is 0 Å². The third-order valence-electron chi connectivity index (χ3n) is 2.69. The van der Waals surface area contributed by atoms with Crippen molar-refractivity contribution in [2.75, 3.05) is 0 Å². The summed E-state index contributed by atoms with van der Waals surface area (Å²) < 4.78 is 0.959. The van der Waals surface area contributed by atoms with E-state index in [1.807, 2.05) is 24.3 Å². The molecule has 0 saturated carbocycles. The Balaban J connectivity index is 2.27. The summed E-state index contributed by atoms with van der Waals surface area (Å²) in [6.07, 6.45) is 2.64. The number of rotatable bonds is 4. The third kappa shape index (κ3) is 4.04. The van der Waals surface area contributed by atoms with Gasteiger partial charge in [0, 0.05) is 11.4 Å². The molecule has 0 unspecified atom stereocenters. The zero-order valence-electron chi connectivity index (χ0n) is 10.5. The highest BCUT2D eigenvalue weighted by Gasteiger charge is 2.10. The Morgan fingerprint density at radius 1 is 1.11 bits per heavy atom. The van der Waals surface area contributed by atoms with E-state index < -0.39 is 0 Å². The molecule has 0 bridgehead atoms. The van der Waals surface area contributed by atoms with Crippen molar-refractivity contribution >= 4 is 45.8 Å². The first-order valence-corrected chi connectivity index (χ1v) is 7.89. The largest absolute Gasteiger partial charge is 0.236 e. The van der Waals surface area contributed by atoms with Gasteiger partial charge < -0.3 is 0 Å². The molecule has 1 heterocycles. The Labute approximate surface area is 136 Å². The van der Waals surface area contributed by atoms with Crippen molar-refractivity contribution in [1.29, 1.82) is 0 Å². The van der Waals surface area contributed by atoms with Crippen molar-refractivity contribution in [3.8, 4) is 0 Å². The van der Waals surface area contributed by atoms with Gasteiger partial charge in [-0.2, -0.15) is 0 Å². The Morgan fingerprint density at radius 2 is 1.79 bits per heavy atom. The standard InChI is InChI=1S/C14H13Cl2IN2/c1-2-3-11-13(17)14(16)19-12(18-11)8-9-4-6-10(15)7-5-9/h4-7H,2-3,8H2,1H3. The Kier molecular flexibility index (Phi) is 5.42. The molecule has 2 aromatic rings. The predicted octanol–water partition coefficient (Wildman–Crippen LogP) is 4.93. The number of aryl methyl sites for hydroxylation is 1. The van der Waals surface area contributed by atoms with Crippen LogP contribution in [0.2, 0.25) is 10.2 Å². The molecule has 0 atom stereocenters. The highest BCUT2D eigenvalue weighted by atomic mass is 127. The maximum Gasteiger partial charge on any atom is 0.146 e. The van der Waals surface area contributed by atoms with Crippen LogP contribution in [0.1, 0.15) is 30.4 Å².